The highest BCUT2D eigenvalue weighted by molar-refractivity contribution is 7.10. The standard InChI is InChI=1S/C16H28N2OS/c1-3-10-19-13-7-5-9-18(12-13)16(14(17)4-2)15-8-6-11-20-15/h6,8,11,13-14,16H,3-5,7,9-10,12,17H2,1-2H3. The molecule has 0 bridgehead atoms. The second-order valence-corrected chi connectivity index (χ2v) is 6.64. The van der Waals surface area contributed by atoms with Gasteiger partial charge in [-0.3, -0.25) is 4.90 Å². The Morgan fingerprint density at radius 3 is 3.00 bits per heavy atom. The third-order valence-electron chi connectivity index (χ3n) is 4.07. The highest BCUT2D eigenvalue weighted by Gasteiger charge is 2.31. The molecule has 2 heterocycles. The monoisotopic (exact) mass is 296 g/mol. The fraction of sp³-hybridized carbons (Fsp3) is 0.750. The first-order valence-corrected chi connectivity index (χ1v) is 8.78. The van der Waals surface area contributed by atoms with E-state index in [1.165, 1.54) is 17.7 Å². The summed E-state index contributed by atoms with van der Waals surface area (Å²) >= 11 is 1.82. The van der Waals surface area contributed by atoms with Crippen molar-refractivity contribution < 1.29 is 4.74 Å². The number of nitrogens with zero attached hydrogens (tertiary/aromatic N) is 1. The quantitative estimate of drug-likeness (QED) is 0.838. The van der Waals surface area contributed by atoms with E-state index in [1.54, 1.807) is 0 Å². The summed E-state index contributed by atoms with van der Waals surface area (Å²) in [6, 6.07) is 4.91. The van der Waals surface area contributed by atoms with Crippen molar-refractivity contribution in [2.75, 3.05) is 19.7 Å². The molecule has 0 aliphatic carbocycles. The lowest BCUT2D eigenvalue weighted by molar-refractivity contribution is -0.0160. The number of nitrogens with two attached hydrogens (primary N) is 1. The molecule has 0 aromatic carbocycles. The summed E-state index contributed by atoms with van der Waals surface area (Å²) in [7, 11) is 0. The van der Waals surface area contributed by atoms with E-state index < -0.39 is 0 Å². The minimum absolute atomic E-state index is 0.207. The van der Waals surface area contributed by atoms with Gasteiger partial charge in [-0.2, -0.15) is 0 Å². The van der Waals surface area contributed by atoms with E-state index in [2.05, 4.69) is 36.3 Å². The predicted molar refractivity (Wildman–Crippen MR) is 86.2 cm³/mol. The minimum atomic E-state index is 0.207. The maximum absolute atomic E-state index is 6.41. The van der Waals surface area contributed by atoms with Gasteiger partial charge < -0.3 is 10.5 Å². The highest BCUT2D eigenvalue weighted by atomic mass is 32.1. The number of rotatable bonds is 7. The van der Waals surface area contributed by atoms with Crippen LogP contribution in [0.2, 0.25) is 0 Å². The van der Waals surface area contributed by atoms with Gasteiger partial charge in [0.15, 0.2) is 0 Å². The van der Waals surface area contributed by atoms with Gasteiger partial charge in [0.25, 0.3) is 0 Å². The Labute approximate surface area is 127 Å². The van der Waals surface area contributed by atoms with E-state index in [-0.39, 0.29) is 6.04 Å². The van der Waals surface area contributed by atoms with Gasteiger partial charge in [0.05, 0.1) is 12.1 Å². The van der Waals surface area contributed by atoms with Crippen molar-refractivity contribution in [3.05, 3.63) is 22.4 Å². The van der Waals surface area contributed by atoms with Gasteiger partial charge in [-0.1, -0.05) is 19.9 Å². The third-order valence-corrected chi connectivity index (χ3v) is 5.02. The normalized spacial score (nSPS) is 23.6. The van der Waals surface area contributed by atoms with Crippen molar-refractivity contribution in [1.29, 1.82) is 0 Å². The van der Waals surface area contributed by atoms with E-state index >= 15 is 0 Å². The van der Waals surface area contributed by atoms with Crippen LogP contribution in [-0.4, -0.2) is 36.7 Å². The minimum Gasteiger partial charge on any atom is -0.377 e. The van der Waals surface area contributed by atoms with Crippen LogP contribution in [0.5, 0.6) is 0 Å². The summed E-state index contributed by atoms with van der Waals surface area (Å²) in [5, 5.41) is 2.15. The second-order valence-electron chi connectivity index (χ2n) is 5.66. The van der Waals surface area contributed by atoms with Gasteiger partial charge in [-0.15, -0.1) is 11.3 Å². The van der Waals surface area contributed by atoms with Crippen molar-refractivity contribution in [3.8, 4) is 0 Å². The van der Waals surface area contributed by atoms with Crippen molar-refractivity contribution in [1.82, 2.24) is 4.90 Å². The van der Waals surface area contributed by atoms with Crippen LogP contribution in [0.25, 0.3) is 0 Å². The second kappa shape index (κ2) is 8.13. The Kier molecular flexibility index (Phi) is 6.49. The molecule has 0 amide bonds. The zero-order valence-electron chi connectivity index (χ0n) is 12.8. The molecule has 4 heteroatoms. The topological polar surface area (TPSA) is 38.5 Å². The molecular formula is C16H28N2OS. The molecule has 114 valence electrons. The first-order valence-electron chi connectivity index (χ1n) is 7.90. The van der Waals surface area contributed by atoms with E-state index in [4.69, 9.17) is 10.5 Å². The van der Waals surface area contributed by atoms with E-state index in [0.29, 0.717) is 12.1 Å². The predicted octanol–water partition coefficient (Wildman–Crippen LogP) is 3.42. The molecule has 2 N–H and O–H groups in total. The molecule has 3 unspecified atom stereocenters. The van der Waals surface area contributed by atoms with Crippen LogP contribution >= 0.6 is 11.3 Å². The summed E-state index contributed by atoms with van der Waals surface area (Å²) in [6.45, 7) is 7.39. The number of hydrogen-bond acceptors (Lipinski definition) is 4. The first-order chi connectivity index (χ1) is 9.76. The molecule has 0 spiro atoms. The maximum Gasteiger partial charge on any atom is 0.0702 e. The Hall–Kier alpha value is -0.420. The van der Waals surface area contributed by atoms with Gasteiger partial charge in [-0.25, -0.2) is 0 Å². The molecule has 2 rings (SSSR count). The number of hydrogen-bond donors (Lipinski definition) is 1. The molecule has 3 nitrogen and oxygen atoms in total. The lowest BCUT2D eigenvalue weighted by Gasteiger charge is -2.40. The summed E-state index contributed by atoms with van der Waals surface area (Å²) in [5.74, 6) is 0. The van der Waals surface area contributed by atoms with Gasteiger partial charge >= 0.3 is 0 Å². The van der Waals surface area contributed by atoms with E-state index in [1.807, 2.05) is 11.3 Å². The molecule has 1 aromatic rings. The van der Waals surface area contributed by atoms with Crippen LogP contribution < -0.4 is 5.73 Å². The third kappa shape index (κ3) is 4.04. The molecular weight excluding hydrogens is 268 g/mol. The van der Waals surface area contributed by atoms with Crippen molar-refractivity contribution in [3.63, 3.8) is 0 Å². The lowest BCUT2D eigenvalue weighted by Crippen LogP contribution is -2.47. The van der Waals surface area contributed by atoms with Gasteiger partial charge in [0.1, 0.15) is 0 Å². The number of ether oxygens (including phenoxy) is 1. The van der Waals surface area contributed by atoms with Gasteiger partial charge in [0.2, 0.25) is 0 Å². The Morgan fingerprint density at radius 2 is 2.35 bits per heavy atom. The summed E-state index contributed by atoms with van der Waals surface area (Å²) in [6.07, 6.45) is 4.90. The molecule has 1 aliphatic heterocycles. The number of likely N-dealkylation sites (tertiary alicyclic amines) is 1. The maximum atomic E-state index is 6.41. The molecule has 0 radical (unpaired) electrons. The first kappa shape index (κ1) is 16.0. The molecule has 1 aromatic heterocycles. The zero-order valence-corrected chi connectivity index (χ0v) is 13.6. The fourth-order valence-corrected chi connectivity index (χ4v) is 3.92. The molecule has 3 atom stereocenters. The summed E-state index contributed by atoms with van der Waals surface area (Å²) in [4.78, 5) is 3.94. The van der Waals surface area contributed by atoms with E-state index in [0.717, 1.165) is 32.5 Å². The SMILES string of the molecule is CCCOC1CCCN(C(c2cccs2)C(N)CC)C1. The molecule has 1 aliphatic rings. The molecule has 1 fully saturated rings. The fourth-order valence-electron chi connectivity index (χ4n) is 2.98. The van der Waals surface area contributed by atoms with Crippen LogP contribution in [0.15, 0.2) is 17.5 Å². The van der Waals surface area contributed by atoms with Gasteiger partial charge in [0, 0.05) is 24.1 Å². The zero-order chi connectivity index (χ0) is 14.4. The average molecular weight is 296 g/mol. The summed E-state index contributed by atoms with van der Waals surface area (Å²) in [5.41, 5.74) is 6.41. The van der Waals surface area contributed by atoms with Crippen molar-refractivity contribution in [2.45, 2.75) is 57.7 Å². The van der Waals surface area contributed by atoms with E-state index in [9.17, 15) is 0 Å². The highest BCUT2D eigenvalue weighted by Crippen LogP contribution is 2.31. The number of piperidine rings is 1. The van der Waals surface area contributed by atoms with Crippen LogP contribution in [0.1, 0.15) is 50.4 Å². The lowest BCUT2D eigenvalue weighted by atomic mass is 9.98. The van der Waals surface area contributed by atoms with Crippen LogP contribution in [0, 0.1) is 0 Å². The Balaban J connectivity index is 2.04. The van der Waals surface area contributed by atoms with Crippen LogP contribution in [0.4, 0.5) is 0 Å². The number of thiophene rings is 1. The molecule has 0 saturated carbocycles. The van der Waals surface area contributed by atoms with Gasteiger partial charge in [-0.05, 0) is 43.7 Å². The average Bonchev–Trinajstić information content (AvgIpc) is 2.99. The Morgan fingerprint density at radius 1 is 1.50 bits per heavy atom. The van der Waals surface area contributed by atoms with Crippen LogP contribution in [-0.2, 0) is 4.74 Å². The smallest absolute Gasteiger partial charge is 0.0702 e. The van der Waals surface area contributed by atoms with Crippen LogP contribution in [0.3, 0.4) is 0 Å². The van der Waals surface area contributed by atoms with Crippen molar-refractivity contribution in [2.24, 2.45) is 5.73 Å². The summed E-state index contributed by atoms with van der Waals surface area (Å²) < 4.78 is 5.96. The van der Waals surface area contributed by atoms with Crippen molar-refractivity contribution >= 4 is 11.3 Å². The Bertz CT molecular complexity index is 369. The largest absolute Gasteiger partial charge is 0.377 e. The molecule has 20 heavy (non-hydrogen) atoms. The molecule has 1 saturated heterocycles.